The van der Waals surface area contributed by atoms with Crippen molar-refractivity contribution in [3.05, 3.63) is 57.4 Å². The zero-order valence-electron chi connectivity index (χ0n) is 8.57. The Morgan fingerprint density at radius 2 is 1.47 bits per heavy atom. The van der Waals surface area contributed by atoms with E-state index in [2.05, 4.69) is 25.3 Å². The van der Waals surface area contributed by atoms with Gasteiger partial charge in [-0.3, -0.25) is 0 Å². The number of hydrogen-bond acceptors (Lipinski definition) is 2. The van der Waals surface area contributed by atoms with E-state index in [1.165, 1.54) is 12.1 Å². The van der Waals surface area contributed by atoms with E-state index in [4.69, 9.17) is 0 Å². The molecule has 1 aliphatic carbocycles. The van der Waals surface area contributed by atoms with Crippen LogP contribution in [0, 0.1) is 0 Å². The molecule has 0 atom stereocenters. The molecule has 0 radical (unpaired) electrons. The molecule has 0 nitrogen and oxygen atoms in total. The number of thiol groups is 2. The van der Waals surface area contributed by atoms with Crippen LogP contribution in [0.15, 0.2) is 46.2 Å². The Bertz CT molecular complexity index is 483. The van der Waals surface area contributed by atoms with E-state index in [1.54, 1.807) is 18.2 Å². The van der Waals surface area contributed by atoms with Crippen LogP contribution < -0.4 is 0 Å². The summed E-state index contributed by atoms with van der Waals surface area (Å²) in [4.78, 5) is 1.15. The minimum absolute atomic E-state index is 0.194. The highest BCUT2D eigenvalue weighted by molar-refractivity contribution is 7.86. The van der Waals surface area contributed by atoms with Gasteiger partial charge < -0.3 is 0 Å². The lowest BCUT2D eigenvalue weighted by atomic mass is 9.94. The van der Waals surface area contributed by atoms with Crippen molar-refractivity contribution in [1.29, 1.82) is 0 Å². The largest absolute Gasteiger partial charge is 0.416 e. The van der Waals surface area contributed by atoms with E-state index in [9.17, 15) is 13.2 Å². The number of halogens is 3. The van der Waals surface area contributed by atoms with Crippen LogP contribution in [0.4, 0.5) is 13.2 Å². The van der Waals surface area contributed by atoms with Crippen molar-refractivity contribution in [2.24, 2.45) is 0 Å². The number of allylic oxidation sites excluding steroid dienone is 4. The summed E-state index contributed by atoms with van der Waals surface area (Å²) >= 11 is 8.39. The topological polar surface area (TPSA) is 0 Å². The first kappa shape index (κ1) is 12.6. The zero-order chi connectivity index (χ0) is 12.6. The molecule has 0 saturated carbocycles. The maximum Gasteiger partial charge on any atom is 0.416 e. The molecule has 0 fully saturated rings. The monoisotopic (exact) mass is 274 g/mol. The third-order valence-corrected chi connectivity index (χ3v) is 3.41. The average Bonchev–Trinajstić information content (AvgIpc) is 2.57. The van der Waals surface area contributed by atoms with Gasteiger partial charge in [-0.05, 0) is 21.4 Å². The van der Waals surface area contributed by atoms with Gasteiger partial charge in [-0.15, -0.1) is 25.3 Å². The van der Waals surface area contributed by atoms with Crippen LogP contribution in [0.5, 0.6) is 0 Å². The van der Waals surface area contributed by atoms with Gasteiger partial charge in [-0.25, -0.2) is 0 Å². The fourth-order valence-electron chi connectivity index (χ4n) is 1.84. The first-order chi connectivity index (χ1) is 7.91. The molecule has 2 rings (SSSR count). The highest BCUT2D eigenvalue weighted by Gasteiger charge is 2.36. The summed E-state index contributed by atoms with van der Waals surface area (Å²) in [6.07, 6.45) is -1.02. The van der Waals surface area contributed by atoms with Gasteiger partial charge in [0.25, 0.3) is 0 Å². The van der Waals surface area contributed by atoms with Gasteiger partial charge in [0.15, 0.2) is 0 Å². The standard InChI is InChI=1S/C12H9F3S2/c13-12(14,15)8-4-2-1-3-7(8)11-9(16)5-6-10(11)17/h1-6,11,16-17H. The second-order valence-electron chi connectivity index (χ2n) is 3.70. The fraction of sp³-hybridized carbons (Fsp3) is 0.167. The van der Waals surface area contributed by atoms with Crippen molar-refractivity contribution in [3.63, 3.8) is 0 Å². The van der Waals surface area contributed by atoms with Crippen molar-refractivity contribution in [3.8, 4) is 0 Å². The average molecular weight is 274 g/mol. The number of benzene rings is 1. The quantitative estimate of drug-likeness (QED) is 0.695. The van der Waals surface area contributed by atoms with Crippen molar-refractivity contribution in [2.75, 3.05) is 0 Å². The highest BCUT2D eigenvalue weighted by Crippen LogP contribution is 2.44. The van der Waals surface area contributed by atoms with Crippen LogP contribution in [0.25, 0.3) is 0 Å². The molecule has 0 spiro atoms. The van der Waals surface area contributed by atoms with E-state index < -0.39 is 17.7 Å². The molecule has 0 saturated heterocycles. The van der Waals surface area contributed by atoms with Crippen LogP contribution in [-0.2, 0) is 6.18 Å². The highest BCUT2D eigenvalue weighted by atomic mass is 32.1. The summed E-state index contributed by atoms with van der Waals surface area (Å²) in [5.74, 6) is -0.500. The Morgan fingerprint density at radius 1 is 0.941 bits per heavy atom. The van der Waals surface area contributed by atoms with Gasteiger partial charge >= 0.3 is 6.18 Å². The molecule has 0 aromatic heterocycles. The maximum absolute atomic E-state index is 12.9. The molecule has 1 aromatic carbocycles. The Kier molecular flexibility index (Phi) is 3.32. The molecule has 90 valence electrons. The summed E-state index contributed by atoms with van der Waals surface area (Å²) in [6, 6.07) is 5.51. The Morgan fingerprint density at radius 3 is 2.00 bits per heavy atom. The molecule has 17 heavy (non-hydrogen) atoms. The second kappa shape index (κ2) is 4.46. The van der Waals surface area contributed by atoms with E-state index in [0.717, 1.165) is 6.07 Å². The Balaban J connectivity index is 2.54. The van der Waals surface area contributed by atoms with Gasteiger partial charge in [-0.1, -0.05) is 30.4 Å². The summed E-state index contributed by atoms with van der Waals surface area (Å²) in [5.41, 5.74) is -0.438. The van der Waals surface area contributed by atoms with E-state index in [0.29, 0.717) is 9.81 Å². The van der Waals surface area contributed by atoms with Gasteiger partial charge in [0.05, 0.1) is 5.56 Å². The second-order valence-corrected chi connectivity index (χ2v) is 4.73. The van der Waals surface area contributed by atoms with E-state index in [-0.39, 0.29) is 5.56 Å². The Labute approximate surface area is 108 Å². The minimum Gasteiger partial charge on any atom is -0.166 e. The summed E-state index contributed by atoms with van der Waals surface area (Å²) in [7, 11) is 0. The molecular weight excluding hydrogens is 265 g/mol. The summed E-state index contributed by atoms with van der Waals surface area (Å²) in [6.45, 7) is 0. The molecule has 0 amide bonds. The van der Waals surface area contributed by atoms with Gasteiger partial charge in [0.1, 0.15) is 0 Å². The SMILES string of the molecule is FC(F)(F)c1ccccc1C1C(S)=CC=C1S. The number of alkyl halides is 3. The van der Waals surface area contributed by atoms with E-state index >= 15 is 0 Å². The molecule has 0 aliphatic heterocycles. The van der Waals surface area contributed by atoms with Crippen LogP contribution in [0.2, 0.25) is 0 Å². The smallest absolute Gasteiger partial charge is 0.166 e. The fourth-order valence-corrected chi connectivity index (χ4v) is 2.65. The lowest BCUT2D eigenvalue weighted by Gasteiger charge is -2.19. The van der Waals surface area contributed by atoms with Crippen LogP contribution in [0.3, 0.4) is 0 Å². The number of rotatable bonds is 1. The first-order valence-electron chi connectivity index (χ1n) is 4.87. The lowest BCUT2D eigenvalue weighted by molar-refractivity contribution is -0.138. The molecule has 5 heteroatoms. The molecule has 0 N–H and O–H groups in total. The molecule has 0 heterocycles. The lowest BCUT2D eigenvalue weighted by Crippen LogP contribution is -2.11. The molecule has 0 bridgehead atoms. The van der Waals surface area contributed by atoms with Crippen LogP contribution in [-0.4, -0.2) is 0 Å². The van der Waals surface area contributed by atoms with E-state index in [1.807, 2.05) is 0 Å². The van der Waals surface area contributed by atoms with Gasteiger partial charge in [0.2, 0.25) is 0 Å². The van der Waals surface area contributed by atoms with Gasteiger partial charge in [-0.2, -0.15) is 13.2 Å². The molecular formula is C12H9F3S2. The molecule has 1 aromatic rings. The molecule has 0 unspecified atom stereocenters. The third kappa shape index (κ3) is 2.40. The van der Waals surface area contributed by atoms with Crippen molar-refractivity contribution in [2.45, 2.75) is 12.1 Å². The summed E-state index contributed by atoms with van der Waals surface area (Å²) in [5, 5.41) is 0. The van der Waals surface area contributed by atoms with Crippen LogP contribution in [0.1, 0.15) is 17.0 Å². The van der Waals surface area contributed by atoms with Gasteiger partial charge in [0, 0.05) is 5.92 Å². The third-order valence-electron chi connectivity index (χ3n) is 2.59. The first-order valence-corrected chi connectivity index (χ1v) is 5.76. The normalized spacial score (nSPS) is 17.0. The van der Waals surface area contributed by atoms with Crippen molar-refractivity contribution in [1.82, 2.24) is 0 Å². The predicted molar refractivity (Wildman–Crippen MR) is 68.3 cm³/mol. The summed E-state index contributed by atoms with van der Waals surface area (Å²) < 4.78 is 38.6. The zero-order valence-corrected chi connectivity index (χ0v) is 10.4. The molecule has 1 aliphatic rings. The maximum atomic E-state index is 12.9. The van der Waals surface area contributed by atoms with Crippen molar-refractivity contribution < 1.29 is 13.2 Å². The van der Waals surface area contributed by atoms with Crippen LogP contribution >= 0.6 is 25.3 Å². The van der Waals surface area contributed by atoms with Crippen molar-refractivity contribution >= 4 is 25.3 Å². The number of hydrogen-bond donors (Lipinski definition) is 2. The Hall–Kier alpha value is -0.810. The predicted octanol–water partition coefficient (Wildman–Crippen LogP) is 4.43. The minimum atomic E-state index is -4.36.